The maximum atomic E-state index is 6.71. The minimum atomic E-state index is 0.746. The third-order valence-corrected chi connectivity index (χ3v) is 9.53. The molecule has 4 heteroatoms. The van der Waals surface area contributed by atoms with Crippen molar-refractivity contribution in [3.63, 3.8) is 0 Å². The van der Waals surface area contributed by atoms with E-state index in [9.17, 15) is 0 Å². The van der Waals surface area contributed by atoms with Crippen molar-refractivity contribution >= 4 is 72.2 Å². The largest absolute Gasteiger partial charge is 0.456 e. The van der Waals surface area contributed by atoms with Gasteiger partial charge in [0.15, 0.2) is 0 Å². The maximum Gasteiger partial charge on any atom is 0.137 e. The first-order valence-corrected chi connectivity index (χ1v) is 15.9. The highest BCUT2D eigenvalue weighted by molar-refractivity contribution is 7.19. The Labute approximate surface area is 266 Å². The summed E-state index contributed by atoms with van der Waals surface area (Å²) in [6.07, 6.45) is 2.11. The molecule has 0 saturated heterocycles. The second kappa shape index (κ2) is 11.2. The van der Waals surface area contributed by atoms with Crippen molar-refractivity contribution in [2.75, 3.05) is 4.90 Å². The number of fused-ring (bicyclic) bond motifs is 4. The van der Waals surface area contributed by atoms with Gasteiger partial charge in [-0.15, -0.1) is 11.3 Å². The summed E-state index contributed by atoms with van der Waals surface area (Å²) in [4.78, 5) is 3.53. The van der Waals surface area contributed by atoms with Crippen molar-refractivity contribution in [3.05, 3.63) is 162 Å². The number of aryl methyl sites for hydroxylation is 1. The van der Waals surface area contributed by atoms with Crippen LogP contribution in [0.5, 0.6) is 0 Å². The topological polar surface area (TPSA) is 42.4 Å². The number of furan rings is 1. The molecule has 0 unspecified atom stereocenters. The number of thiophene rings is 1. The third-order valence-electron chi connectivity index (χ3n) is 8.43. The monoisotopic (exact) mass is 598 g/mol. The van der Waals surface area contributed by atoms with Crippen LogP contribution >= 0.6 is 11.3 Å². The first-order chi connectivity index (χ1) is 22.1. The Hall–Kier alpha value is -5.58. The molecule has 0 bridgehead atoms. The molecule has 3 nitrogen and oxygen atoms in total. The zero-order chi connectivity index (χ0) is 30.3. The minimum Gasteiger partial charge on any atom is -0.456 e. The van der Waals surface area contributed by atoms with Gasteiger partial charge in [0.1, 0.15) is 11.2 Å². The fourth-order valence-corrected chi connectivity index (χ4v) is 7.19. The van der Waals surface area contributed by atoms with Gasteiger partial charge in [-0.05, 0) is 83.8 Å². The van der Waals surface area contributed by atoms with E-state index < -0.39 is 0 Å². The van der Waals surface area contributed by atoms with Crippen molar-refractivity contribution < 1.29 is 4.42 Å². The maximum absolute atomic E-state index is 6.71. The quantitative estimate of drug-likeness (QED) is 0.207. The highest BCUT2D eigenvalue weighted by Gasteiger charge is 2.16. The molecule has 0 amide bonds. The number of rotatable bonds is 6. The molecule has 6 aromatic carbocycles. The van der Waals surface area contributed by atoms with Gasteiger partial charge in [0.05, 0.1) is 0 Å². The van der Waals surface area contributed by atoms with Gasteiger partial charge in [0.2, 0.25) is 0 Å². The molecule has 0 aliphatic rings. The second-order valence-corrected chi connectivity index (χ2v) is 12.5. The molecule has 8 aromatic rings. The van der Waals surface area contributed by atoms with E-state index in [4.69, 9.17) is 10.2 Å². The van der Waals surface area contributed by atoms with Gasteiger partial charge >= 0.3 is 0 Å². The summed E-state index contributed by atoms with van der Waals surface area (Å²) >= 11 is 1.80. The Morgan fingerprint density at radius 1 is 0.600 bits per heavy atom. The molecule has 2 N–H and O–H groups in total. The van der Waals surface area contributed by atoms with Crippen LogP contribution in [0.15, 0.2) is 150 Å². The van der Waals surface area contributed by atoms with E-state index in [0.29, 0.717) is 0 Å². The fourth-order valence-electron chi connectivity index (χ4n) is 6.14. The van der Waals surface area contributed by atoms with E-state index in [1.165, 1.54) is 31.7 Å². The number of benzene rings is 6. The van der Waals surface area contributed by atoms with E-state index in [2.05, 4.69) is 145 Å². The Morgan fingerprint density at radius 2 is 1.20 bits per heavy atom. The summed E-state index contributed by atoms with van der Waals surface area (Å²) in [6.45, 7) is 2.16. The van der Waals surface area contributed by atoms with Crippen LogP contribution in [0.4, 0.5) is 17.1 Å². The summed E-state index contributed by atoms with van der Waals surface area (Å²) in [5.74, 6) is 0. The molecular formula is C41H30N2OS. The molecule has 0 aliphatic heterocycles. The van der Waals surface area contributed by atoms with E-state index >= 15 is 0 Å². The van der Waals surface area contributed by atoms with Crippen molar-refractivity contribution in [2.24, 2.45) is 5.73 Å². The van der Waals surface area contributed by atoms with E-state index in [0.717, 1.165) is 50.3 Å². The van der Waals surface area contributed by atoms with Crippen LogP contribution in [0.2, 0.25) is 0 Å². The summed E-state index contributed by atoms with van der Waals surface area (Å²) in [6, 6.07) is 50.8. The highest BCUT2D eigenvalue weighted by atomic mass is 32.1. The Morgan fingerprint density at radius 3 is 1.98 bits per heavy atom. The van der Waals surface area contributed by atoms with Gasteiger partial charge in [0, 0.05) is 54.6 Å². The number of hydrogen-bond acceptors (Lipinski definition) is 4. The summed E-state index contributed by atoms with van der Waals surface area (Å²) in [7, 11) is 0. The van der Waals surface area contributed by atoms with Gasteiger partial charge in [-0.1, -0.05) is 91.0 Å². The smallest absolute Gasteiger partial charge is 0.137 e. The Balaban J connectivity index is 1.20. The standard InChI is InChI=1S/C41H30N2OS/c1-27-37(36-12-6-8-14-41(36)45-27)26-38(42)30-17-21-32(22-18-30)43(31-19-15-29(16-20-31)28-9-3-2-4-10-28)33-23-24-35-34-11-5-7-13-39(34)44-40(35)25-33/h2-26H,42H2,1H3/b38-26-. The van der Waals surface area contributed by atoms with Crippen LogP contribution in [0.3, 0.4) is 0 Å². The number of hydrogen-bond donors (Lipinski definition) is 1. The normalized spacial score (nSPS) is 11.9. The third kappa shape index (κ3) is 4.95. The first kappa shape index (κ1) is 27.0. The average molecular weight is 599 g/mol. The lowest BCUT2D eigenvalue weighted by molar-refractivity contribution is 0.669. The lowest BCUT2D eigenvalue weighted by Gasteiger charge is -2.26. The first-order valence-electron chi connectivity index (χ1n) is 15.0. The van der Waals surface area contributed by atoms with Crippen LogP contribution in [-0.4, -0.2) is 0 Å². The fraction of sp³-hybridized carbons (Fsp3) is 0.0244. The SMILES string of the molecule is Cc1sc2ccccc2c1/C=C(\N)c1ccc(N(c2ccc(-c3ccccc3)cc2)c2ccc3c(c2)oc2ccccc23)cc1. The summed E-state index contributed by atoms with van der Waals surface area (Å²) < 4.78 is 7.56. The molecule has 0 aliphatic carbocycles. The molecular weight excluding hydrogens is 569 g/mol. The van der Waals surface area contributed by atoms with Crippen LogP contribution in [-0.2, 0) is 0 Å². The van der Waals surface area contributed by atoms with Crippen molar-refractivity contribution in [2.45, 2.75) is 6.92 Å². The summed E-state index contributed by atoms with van der Waals surface area (Å²) in [5.41, 5.74) is 16.9. The van der Waals surface area contributed by atoms with Crippen LogP contribution in [0.25, 0.3) is 54.9 Å². The van der Waals surface area contributed by atoms with Crippen LogP contribution in [0, 0.1) is 6.92 Å². The predicted octanol–water partition coefficient (Wildman–Crippen LogP) is 11.7. The minimum absolute atomic E-state index is 0.746. The van der Waals surface area contributed by atoms with Crippen LogP contribution in [0.1, 0.15) is 16.0 Å². The van der Waals surface area contributed by atoms with Gasteiger partial charge in [-0.2, -0.15) is 0 Å². The molecule has 8 rings (SSSR count). The lowest BCUT2D eigenvalue weighted by Crippen LogP contribution is -2.10. The number of anilines is 3. The molecule has 0 atom stereocenters. The van der Waals surface area contributed by atoms with E-state index in [1.807, 2.05) is 18.2 Å². The Bertz CT molecular complexity index is 2330. The number of para-hydroxylation sites is 1. The lowest BCUT2D eigenvalue weighted by atomic mass is 10.0. The average Bonchev–Trinajstić information content (AvgIpc) is 3.62. The van der Waals surface area contributed by atoms with Crippen LogP contribution < -0.4 is 10.6 Å². The van der Waals surface area contributed by atoms with E-state index in [1.54, 1.807) is 11.3 Å². The van der Waals surface area contributed by atoms with Gasteiger partial charge in [0.25, 0.3) is 0 Å². The predicted molar refractivity (Wildman–Crippen MR) is 192 cm³/mol. The summed E-state index contributed by atoms with van der Waals surface area (Å²) in [5, 5.41) is 3.47. The molecule has 0 radical (unpaired) electrons. The van der Waals surface area contributed by atoms with Crippen molar-refractivity contribution in [1.82, 2.24) is 0 Å². The van der Waals surface area contributed by atoms with Gasteiger partial charge in [-0.25, -0.2) is 0 Å². The molecule has 0 fully saturated rings. The van der Waals surface area contributed by atoms with Crippen molar-refractivity contribution in [1.29, 1.82) is 0 Å². The van der Waals surface area contributed by atoms with Gasteiger partial charge < -0.3 is 15.1 Å². The molecule has 0 spiro atoms. The molecule has 2 heterocycles. The molecule has 45 heavy (non-hydrogen) atoms. The molecule has 216 valence electrons. The molecule has 2 aromatic heterocycles. The van der Waals surface area contributed by atoms with Crippen molar-refractivity contribution in [3.8, 4) is 11.1 Å². The number of nitrogens with two attached hydrogens (primary N) is 1. The zero-order valence-electron chi connectivity index (χ0n) is 24.8. The number of nitrogens with zero attached hydrogens (tertiary/aromatic N) is 1. The zero-order valence-corrected chi connectivity index (χ0v) is 25.6. The molecule has 0 saturated carbocycles. The van der Waals surface area contributed by atoms with E-state index in [-0.39, 0.29) is 0 Å². The second-order valence-electron chi connectivity index (χ2n) is 11.2. The highest BCUT2D eigenvalue weighted by Crippen LogP contribution is 2.39. The Kier molecular flexibility index (Phi) is 6.70. The van der Waals surface area contributed by atoms with Gasteiger partial charge in [-0.3, -0.25) is 0 Å².